The molecule has 15 heavy (non-hydrogen) atoms. The van der Waals surface area contributed by atoms with E-state index in [1.165, 1.54) is 0 Å². The van der Waals surface area contributed by atoms with Gasteiger partial charge in [0.1, 0.15) is 5.82 Å². The third kappa shape index (κ3) is 2.66. The normalized spacial score (nSPS) is 10.2. The monoisotopic (exact) mass is 220 g/mol. The number of pyridine rings is 1. The van der Waals surface area contributed by atoms with Gasteiger partial charge in [-0.2, -0.15) is 0 Å². The van der Waals surface area contributed by atoms with Crippen LogP contribution in [-0.4, -0.2) is 9.97 Å². The van der Waals surface area contributed by atoms with E-state index in [9.17, 15) is 0 Å². The van der Waals surface area contributed by atoms with Gasteiger partial charge in [0.2, 0.25) is 0 Å². The third-order valence-electron chi connectivity index (χ3n) is 1.92. The lowest BCUT2D eigenvalue weighted by atomic mass is 10.3. The topological polar surface area (TPSA) is 63.8 Å². The molecule has 0 saturated carbocycles. The van der Waals surface area contributed by atoms with E-state index in [1.807, 2.05) is 18.4 Å². The number of anilines is 2. The van der Waals surface area contributed by atoms with Crippen molar-refractivity contribution in [2.45, 2.75) is 13.5 Å². The number of nitrogens with zero attached hydrogens (tertiary/aromatic N) is 2. The van der Waals surface area contributed by atoms with Crippen LogP contribution in [0.3, 0.4) is 0 Å². The van der Waals surface area contributed by atoms with Gasteiger partial charge < -0.3 is 11.1 Å². The molecule has 0 amide bonds. The summed E-state index contributed by atoms with van der Waals surface area (Å²) in [5, 5.41) is 6.37. The Hall–Kier alpha value is -1.62. The number of aryl methyl sites for hydroxylation is 1. The molecule has 78 valence electrons. The average Bonchev–Trinajstić information content (AvgIpc) is 2.62. The molecule has 2 rings (SSSR count). The molecule has 0 radical (unpaired) electrons. The first-order chi connectivity index (χ1) is 7.24. The molecule has 2 aromatic heterocycles. The Kier molecular flexibility index (Phi) is 2.82. The minimum atomic E-state index is 0.523. The van der Waals surface area contributed by atoms with Crippen molar-refractivity contribution in [1.82, 2.24) is 9.97 Å². The van der Waals surface area contributed by atoms with Crippen molar-refractivity contribution in [2.24, 2.45) is 0 Å². The zero-order valence-electron chi connectivity index (χ0n) is 8.40. The average molecular weight is 220 g/mol. The number of nitrogens with two attached hydrogens (primary N) is 1. The van der Waals surface area contributed by atoms with Crippen LogP contribution in [-0.2, 0) is 6.54 Å². The number of rotatable bonds is 3. The maximum absolute atomic E-state index is 5.57. The van der Waals surface area contributed by atoms with Gasteiger partial charge in [0.25, 0.3) is 0 Å². The highest BCUT2D eigenvalue weighted by Gasteiger charge is 1.98. The van der Waals surface area contributed by atoms with Crippen LogP contribution in [0.2, 0.25) is 0 Å². The minimum absolute atomic E-state index is 0.523. The van der Waals surface area contributed by atoms with Crippen LogP contribution in [0.25, 0.3) is 0 Å². The third-order valence-corrected chi connectivity index (χ3v) is 2.74. The van der Waals surface area contributed by atoms with E-state index in [-0.39, 0.29) is 0 Å². The summed E-state index contributed by atoms with van der Waals surface area (Å²) in [6.45, 7) is 2.71. The molecule has 0 bridgehead atoms. The van der Waals surface area contributed by atoms with Gasteiger partial charge in [-0.3, -0.25) is 0 Å². The number of hydrogen-bond acceptors (Lipinski definition) is 5. The van der Waals surface area contributed by atoms with E-state index in [0.717, 1.165) is 16.4 Å². The van der Waals surface area contributed by atoms with Gasteiger partial charge in [0, 0.05) is 23.3 Å². The SMILES string of the molecule is Cc1nc(CNc2ccnc(N)c2)cs1. The molecule has 3 N–H and O–H groups in total. The quantitative estimate of drug-likeness (QED) is 0.830. The van der Waals surface area contributed by atoms with Gasteiger partial charge in [0.05, 0.1) is 17.2 Å². The van der Waals surface area contributed by atoms with Gasteiger partial charge >= 0.3 is 0 Å². The predicted molar refractivity (Wildman–Crippen MR) is 62.8 cm³/mol. The van der Waals surface area contributed by atoms with Crippen LogP contribution in [0.1, 0.15) is 10.7 Å². The van der Waals surface area contributed by atoms with Crippen molar-refractivity contribution in [2.75, 3.05) is 11.1 Å². The standard InChI is InChI=1S/C10H12N4S/c1-7-14-9(6-15-7)5-13-8-2-3-12-10(11)4-8/h2-4,6H,5H2,1H3,(H3,11,12,13). The lowest BCUT2D eigenvalue weighted by Gasteiger charge is -2.04. The second-order valence-electron chi connectivity index (χ2n) is 3.18. The molecular weight excluding hydrogens is 208 g/mol. The molecule has 0 fully saturated rings. The van der Waals surface area contributed by atoms with Gasteiger partial charge in [-0.15, -0.1) is 11.3 Å². The summed E-state index contributed by atoms with van der Waals surface area (Å²) in [6, 6.07) is 3.69. The number of nitrogens with one attached hydrogen (secondary N) is 1. The molecule has 0 atom stereocenters. The van der Waals surface area contributed by atoms with Crippen LogP contribution in [0.5, 0.6) is 0 Å². The Balaban J connectivity index is 1.99. The summed E-state index contributed by atoms with van der Waals surface area (Å²) in [6.07, 6.45) is 1.68. The number of aromatic nitrogens is 2. The van der Waals surface area contributed by atoms with Crippen molar-refractivity contribution >= 4 is 22.8 Å². The molecular formula is C10H12N4S. The highest BCUT2D eigenvalue weighted by Crippen LogP contribution is 2.12. The number of hydrogen-bond donors (Lipinski definition) is 2. The molecule has 4 nitrogen and oxygen atoms in total. The van der Waals surface area contributed by atoms with Crippen LogP contribution < -0.4 is 11.1 Å². The molecule has 0 saturated heterocycles. The zero-order valence-corrected chi connectivity index (χ0v) is 9.21. The van der Waals surface area contributed by atoms with Crippen molar-refractivity contribution < 1.29 is 0 Å². The Morgan fingerprint density at radius 3 is 3.07 bits per heavy atom. The maximum Gasteiger partial charge on any atom is 0.125 e. The van der Waals surface area contributed by atoms with Gasteiger partial charge in [0.15, 0.2) is 0 Å². The minimum Gasteiger partial charge on any atom is -0.384 e. The second-order valence-corrected chi connectivity index (χ2v) is 4.24. The Morgan fingerprint density at radius 1 is 1.53 bits per heavy atom. The number of thiazole rings is 1. The summed E-state index contributed by atoms with van der Waals surface area (Å²) in [4.78, 5) is 8.28. The molecule has 0 aromatic carbocycles. The Morgan fingerprint density at radius 2 is 2.40 bits per heavy atom. The van der Waals surface area contributed by atoms with Crippen molar-refractivity contribution in [1.29, 1.82) is 0 Å². The highest BCUT2D eigenvalue weighted by molar-refractivity contribution is 7.09. The largest absolute Gasteiger partial charge is 0.384 e. The molecule has 0 spiro atoms. The Bertz CT molecular complexity index is 452. The van der Waals surface area contributed by atoms with Crippen LogP contribution in [0, 0.1) is 6.92 Å². The van der Waals surface area contributed by atoms with E-state index < -0.39 is 0 Å². The fourth-order valence-corrected chi connectivity index (χ4v) is 1.85. The molecule has 0 aliphatic rings. The smallest absolute Gasteiger partial charge is 0.125 e. The summed E-state index contributed by atoms with van der Waals surface area (Å²) < 4.78 is 0. The van der Waals surface area contributed by atoms with Gasteiger partial charge in [-0.25, -0.2) is 9.97 Å². The van der Waals surface area contributed by atoms with Crippen LogP contribution in [0.15, 0.2) is 23.7 Å². The summed E-state index contributed by atoms with van der Waals surface area (Å²) in [5.74, 6) is 0.523. The molecule has 5 heteroatoms. The first kappa shape index (κ1) is 9.92. The molecule has 2 aromatic rings. The van der Waals surface area contributed by atoms with Crippen molar-refractivity contribution in [3.63, 3.8) is 0 Å². The lowest BCUT2D eigenvalue weighted by Crippen LogP contribution is -2.00. The molecule has 0 aliphatic heterocycles. The highest BCUT2D eigenvalue weighted by atomic mass is 32.1. The van der Waals surface area contributed by atoms with E-state index in [0.29, 0.717) is 12.4 Å². The summed E-state index contributed by atoms with van der Waals surface area (Å²) in [7, 11) is 0. The summed E-state index contributed by atoms with van der Waals surface area (Å²) >= 11 is 1.65. The van der Waals surface area contributed by atoms with E-state index in [4.69, 9.17) is 5.73 Å². The lowest BCUT2D eigenvalue weighted by molar-refractivity contribution is 1.05. The molecule has 0 unspecified atom stereocenters. The van der Waals surface area contributed by atoms with Gasteiger partial charge in [-0.05, 0) is 13.0 Å². The van der Waals surface area contributed by atoms with Crippen molar-refractivity contribution in [3.8, 4) is 0 Å². The first-order valence-electron chi connectivity index (χ1n) is 4.60. The molecule has 0 aliphatic carbocycles. The van der Waals surface area contributed by atoms with E-state index in [2.05, 4.69) is 15.3 Å². The van der Waals surface area contributed by atoms with Gasteiger partial charge in [-0.1, -0.05) is 0 Å². The van der Waals surface area contributed by atoms with Crippen LogP contribution >= 0.6 is 11.3 Å². The molecule has 2 heterocycles. The fourth-order valence-electron chi connectivity index (χ4n) is 1.24. The Labute approximate surface area is 92.2 Å². The summed E-state index contributed by atoms with van der Waals surface area (Å²) in [5.41, 5.74) is 7.58. The fraction of sp³-hybridized carbons (Fsp3) is 0.200. The maximum atomic E-state index is 5.57. The van der Waals surface area contributed by atoms with Crippen molar-refractivity contribution in [3.05, 3.63) is 34.4 Å². The van der Waals surface area contributed by atoms with E-state index in [1.54, 1.807) is 23.6 Å². The zero-order chi connectivity index (χ0) is 10.7. The number of nitrogen functional groups attached to an aromatic ring is 1. The van der Waals surface area contributed by atoms with E-state index >= 15 is 0 Å². The predicted octanol–water partition coefficient (Wildman–Crippen LogP) is 2.04. The first-order valence-corrected chi connectivity index (χ1v) is 5.48. The second kappa shape index (κ2) is 4.27. The van der Waals surface area contributed by atoms with Crippen LogP contribution in [0.4, 0.5) is 11.5 Å².